The summed E-state index contributed by atoms with van der Waals surface area (Å²) in [5.41, 5.74) is 0.882. The molecular formula is C28H39N5O6. The number of aromatic nitrogens is 1. The summed E-state index contributed by atoms with van der Waals surface area (Å²) in [6.45, 7) is 5.84. The highest BCUT2D eigenvalue weighted by molar-refractivity contribution is 5.97. The standard InChI is InChI=1S/C28H39N5O6/c1-4-20(2)25(21(3)33(38)19-34)27(36)31-23(26(35)32-24-15-9-11-16-29-24)14-8-10-17-30-28(37)39-18-22-12-6-5-7-13-22/h5-7,9,11-13,15-16,19-21,23,25,38H,4,8,10,14,17-18H2,1-3H3,(H,30,37)(H,31,36)(H,29,32,35)/t20-,21+,23+,25-/m1/s1. The Balaban J connectivity index is 1.96. The zero-order valence-electron chi connectivity index (χ0n) is 22.7. The van der Waals surface area contributed by atoms with Gasteiger partial charge in [-0.2, -0.15) is 0 Å². The van der Waals surface area contributed by atoms with Crippen LogP contribution in [-0.2, 0) is 25.7 Å². The molecule has 11 heteroatoms. The van der Waals surface area contributed by atoms with E-state index < -0.39 is 35.9 Å². The molecule has 0 fully saturated rings. The molecule has 212 valence electrons. The third-order valence-electron chi connectivity index (χ3n) is 6.56. The lowest BCUT2D eigenvalue weighted by Gasteiger charge is -2.32. The average molecular weight is 542 g/mol. The van der Waals surface area contributed by atoms with Crippen LogP contribution in [0.1, 0.15) is 52.0 Å². The van der Waals surface area contributed by atoms with E-state index in [2.05, 4.69) is 20.9 Å². The number of rotatable bonds is 16. The molecule has 1 aromatic carbocycles. The van der Waals surface area contributed by atoms with E-state index in [0.717, 1.165) is 5.56 Å². The van der Waals surface area contributed by atoms with Gasteiger partial charge in [0.2, 0.25) is 18.2 Å². The van der Waals surface area contributed by atoms with Crippen LogP contribution >= 0.6 is 0 Å². The summed E-state index contributed by atoms with van der Waals surface area (Å²) in [6.07, 6.45) is 3.26. The number of hydroxylamine groups is 2. The van der Waals surface area contributed by atoms with Gasteiger partial charge in [-0.15, -0.1) is 0 Å². The van der Waals surface area contributed by atoms with Gasteiger partial charge in [0.05, 0.1) is 12.0 Å². The molecule has 0 saturated carbocycles. The molecule has 0 bridgehead atoms. The summed E-state index contributed by atoms with van der Waals surface area (Å²) in [6, 6.07) is 12.7. The normalized spacial score (nSPS) is 13.7. The van der Waals surface area contributed by atoms with Gasteiger partial charge < -0.3 is 20.7 Å². The smallest absolute Gasteiger partial charge is 0.407 e. The molecule has 2 rings (SSSR count). The van der Waals surface area contributed by atoms with E-state index in [4.69, 9.17) is 4.74 Å². The van der Waals surface area contributed by atoms with Crippen LogP contribution in [-0.4, -0.2) is 58.2 Å². The molecule has 4 atom stereocenters. The lowest BCUT2D eigenvalue weighted by Crippen LogP contribution is -2.52. The van der Waals surface area contributed by atoms with Crippen LogP contribution in [0.25, 0.3) is 0 Å². The molecule has 11 nitrogen and oxygen atoms in total. The number of nitrogens with one attached hydrogen (secondary N) is 3. The molecule has 1 heterocycles. The van der Waals surface area contributed by atoms with Gasteiger partial charge in [-0.05, 0) is 49.8 Å². The zero-order valence-corrected chi connectivity index (χ0v) is 22.7. The maximum Gasteiger partial charge on any atom is 0.407 e. The number of nitrogens with zero attached hydrogens (tertiary/aromatic N) is 2. The van der Waals surface area contributed by atoms with Gasteiger partial charge in [0.25, 0.3) is 0 Å². The fourth-order valence-corrected chi connectivity index (χ4v) is 4.09. The van der Waals surface area contributed by atoms with Crippen LogP contribution in [0.5, 0.6) is 0 Å². The van der Waals surface area contributed by atoms with Crippen LogP contribution in [0.3, 0.4) is 0 Å². The molecule has 4 amide bonds. The first-order valence-electron chi connectivity index (χ1n) is 13.2. The number of benzene rings is 1. The minimum Gasteiger partial charge on any atom is -0.445 e. The van der Waals surface area contributed by atoms with Crippen LogP contribution in [0.2, 0.25) is 0 Å². The van der Waals surface area contributed by atoms with Crippen molar-refractivity contribution in [2.75, 3.05) is 11.9 Å². The Hall–Kier alpha value is -3.99. The highest BCUT2D eigenvalue weighted by atomic mass is 16.5. The first-order chi connectivity index (χ1) is 18.8. The second kappa shape index (κ2) is 16.8. The Labute approximate surface area is 229 Å². The Morgan fingerprint density at radius 2 is 1.77 bits per heavy atom. The fraction of sp³-hybridized carbons (Fsp3) is 0.464. The molecule has 0 saturated heterocycles. The first kappa shape index (κ1) is 31.2. The van der Waals surface area contributed by atoms with Crippen molar-refractivity contribution in [1.29, 1.82) is 0 Å². The van der Waals surface area contributed by atoms with Gasteiger partial charge >= 0.3 is 6.09 Å². The number of carbonyl (C=O) groups excluding carboxylic acids is 4. The molecule has 0 aliphatic rings. The number of carbonyl (C=O) groups is 4. The van der Waals surface area contributed by atoms with Crippen molar-refractivity contribution in [3.8, 4) is 0 Å². The van der Waals surface area contributed by atoms with Crippen molar-refractivity contribution in [2.24, 2.45) is 11.8 Å². The van der Waals surface area contributed by atoms with E-state index in [9.17, 15) is 24.4 Å². The van der Waals surface area contributed by atoms with Gasteiger partial charge in [-0.25, -0.2) is 14.8 Å². The quantitative estimate of drug-likeness (QED) is 0.110. The second-order valence-electron chi connectivity index (χ2n) is 9.39. The first-order valence-corrected chi connectivity index (χ1v) is 13.2. The van der Waals surface area contributed by atoms with Gasteiger partial charge in [-0.1, -0.05) is 56.7 Å². The average Bonchev–Trinajstić information content (AvgIpc) is 2.95. The Kier molecular flexibility index (Phi) is 13.4. The summed E-state index contributed by atoms with van der Waals surface area (Å²) in [5, 5.41) is 18.6. The second-order valence-corrected chi connectivity index (χ2v) is 9.39. The predicted molar refractivity (Wildman–Crippen MR) is 145 cm³/mol. The molecule has 0 aliphatic heterocycles. The Bertz CT molecular complexity index is 1040. The maximum atomic E-state index is 13.3. The molecule has 0 spiro atoms. The van der Waals surface area contributed by atoms with Crippen molar-refractivity contribution < 1.29 is 29.1 Å². The number of hydrogen-bond acceptors (Lipinski definition) is 7. The van der Waals surface area contributed by atoms with Crippen molar-refractivity contribution in [3.63, 3.8) is 0 Å². The van der Waals surface area contributed by atoms with E-state index in [1.807, 2.05) is 44.2 Å². The lowest BCUT2D eigenvalue weighted by atomic mass is 9.85. The SMILES string of the molecule is CC[C@@H](C)[C@@H](C(=O)N[C@@H](CCCCNC(=O)OCc1ccccc1)C(=O)Nc1ccccn1)[C@H](C)N(O)C=O. The summed E-state index contributed by atoms with van der Waals surface area (Å²) in [7, 11) is 0. The van der Waals surface area contributed by atoms with E-state index in [1.165, 1.54) is 0 Å². The summed E-state index contributed by atoms with van der Waals surface area (Å²) >= 11 is 0. The van der Waals surface area contributed by atoms with Crippen LogP contribution < -0.4 is 16.0 Å². The number of unbranched alkanes of at least 4 members (excludes halogenated alkanes) is 1. The molecule has 4 N–H and O–H groups in total. The van der Waals surface area contributed by atoms with E-state index in [0.29, 0.717) is 43.1 Å². The van der Waals surface area contributed by atoms with Gasteiger partial charge in [0.15, 0.2) is 0 Å². The van der Waals surface area contributed by atoms with Gasteiger partial charge in [-0.3, -0.25) is 19.6 Å². The minimum absolute atomic E-state index is 0.166. The third-order valence-corrected chi connectivity index (χ3v) is 6.56. The summed E-state index contributed by atoms with van der Waals surface area (Å²) in [5.74, 6) is -1.44. The van der Waals surface area contributed by atoms with Gasteiger partial charge in [0.1, 0.15) is 18.5 Å². The predicted octanol–water partition coefficient (Wildman–Crippen LogP) is 3.50. The molecule has 0 unspecified atom stereocenters. The highest BCUT2D eigenvalue weighted by Crippen LogP contribution is 2.23. The lowest BCUT2D eigenvalue weighted by molar-refractivity contribution is -0.168. The number of ether oxygens (including phenoxy) is 1. The van der Waals surface area contributed by atoms with Gasteiger partial charge in [0, 0.05) is 12.7 Å². The molecule has 39 heavy (non-hydrogen) atoms. The van der Waals surface area contributed by atoms with E-state index in [-0.39, 0.29) is 18.9 Å². The number of anilines is 1. The number of pyridine rings is 1. The van der Waals surface area contributed by atoms with Crippen molar-refractivity contribution in [1.82, 2.24) is 20.7 Å². The molecule has 2 aromatic rings. The minimum atomic E-state index is -0.897. The van der Waals surface area contributed by atoms with Crippen LogP contribution in [0.4, 0.5) is 10.6 Å². The van der Waals surface area contributed by atoms with E-state index >= 15 is 0 Å². The summed E-state index contributed by atoms with van der Waals surface area (Å²) in [4.78, 5) is 53.6. The molecule has 0 radical (unpaired) electrons. The van der Waals surface area contributed by atoms with Crippen molar-refractivity contribution in [2.45, 2.75) is 65.1 Å². The number of alkyl carbamates (subject to hydrolysis) is 1. The molecular weight excluding hydrogens is 502 g/mol. The zero-order chi connectivity index (χ0) is 28.6. The largest absolute Gasteiger partial charge is 0.445 e. The highest BCUT2D eigenvalue weighted by Gasteiger charge is 2.35. The Morgan fingerprint density at radius 1 is 1.05 bits per heavy atom. The van der Waals surface area contributed by atoms with Crippen LogP contribution in [0.15, 0.2) is 54.7 Å². The number of hydrogen-bond donors (Lipinski definition) is 4. The topological polar surface area (TPSA) is 150 Å². The van der Waals surface area contributed by atoms with Crippen molar-refractivity contribution in [3.05, 3.63) is 60.3 Å². The summed E-state index contributed by atoms with van der Waals surface area (Å²) < 4.78 is 5.20. The fourth-order valence-electron chi connectivity index (χ4n) is 4.09. The third kappa shape index (κ3) is 10.7. The van der Waals surface area contributed by atoms with Crippen LogP contribution in [0, 0.1) is 11.8 Å². The monoisotopic (exact) mass is 541 g/mol. The molecule has 0 aliphatic carbocycles. The number of amides is 4. The maximum absolute atomic E-state index is 13.3. The Morgan fingerprint density at radius 3 is 2.41 bits per heavy atom. The van der Waals surface area contributed by atoms with Crippen molar-refractivity contribution >= 4 is 30.1 Å². The van der Waals surface area contributed by atoms with E-state index in [1.54, 1.807) is 31.3 Å². The molecule has 1 aromatic heterocycles.